The van der Waals surface area contributed by atoms with Gasteiger partial charge in [0.15, 0.2) is 0 Å². The molecular weight excluding hydrogens is 424 g/mol. The summed E-state index contributed by atoms with van der Waals surface area (Å²) in [6.45, 7) is 7.94. The fourth-order valence-electron chi connectivity index (χ4n) is 3.91. The molecule has 0 aliphatic heterocycles. The van der Waals surface area contributed by atoms with Crippen LogP contribution in [0.4, 0.5) is 0 Å². The van der Waals surface area contributed by atoms with Crippen LogP contribution in [0.3, 0.4) is 0 Å². The molecule has 168 valence electrons. The van der Waals surface area contributed by atoms with Crippen LogP contribution in [0.25, 0.3) is 11.0 Å². The third-order valence-corrected chi connectivity index (χ3v) is 5.64. The average Bonchev–Trinajstić information content (AvgIpc) is 3.04. The highest BCUT2D eigenvalue weighted by Gasteiger charge is 2.18. The van der Waals surface area contributed by atoms with Crippen molar-refractivity contribution in [2.24, 2.45) is 0 Å². The molecule has 0 aliphatic rings. The smallest absolute Gasteiger partial charge is 0.147 e. The van der Waals surface area contributed by atoms with E-state index >= 15 is 0 Å². The van der Waals surface area contributed by atoms with E-state index in [1.54, 1.807) is 7.11 Å². The van der Waals surface area contributed by atoms with Gasteiger partial charge in [-0.25, -0.2) is 0 Å². The van der Waals surface area contributed by atoms with Crippen LogP contribution in [-0.4, -0.2) is 23.3 Å². The topological polar surface area (TPSA) is 45.5 Å². The highest BCUT2D eigenvalue weighted by atomic mass is 35.5. The normalized spacial score (nSPS) is 10.6. The van der Waals surface area contributed by atoms with Crippen molar-refractivity contribution in [1.82, 2.24) is 9.55 Å². The number of aromatic nitrogens is 2. The first-order chi connectivity index (χ1) is 15.1. The molecule has 4 rings (SSSR count). The van der Waals surface area contributed by atoms with Gasteiger partial charge in [-0.2, -0.15) is 0 Å². The number of hydrogen-bond donors (Lipinski definition) is 0. The van der Waals surface area contributed by atoms with Crippen LogP contribution in [-0.2, 0) is 13.2 Å². The van der Waals surface area contributed by atoms with Crippen LogP contribution in [0.5, 0.6) is 17.2 Å². The van der Waals surface area contributed by atoms with Gasteiger partial charge in [0.25, 0.3) is 0 Å². The summed E-state index contributed by atoms with van der Waals surface area (Å²) in [6.07, 6.45) is 1.81. The monoisotopic (exact) mass is 452 g/mol. The van der Waals surface area contributed by atoms with Crippen LogP contribution in [0.15, 0.2) is 60.8 Å². The molecule has 6 heteroatoms. The third kappa shape index (κ3) is 4.53. The number of aryl methyl sites for hydroxylation is 1. The summed E-state index contributed by atoms with van der Waals surface area (Å²) in [4.78, 5) is 4.65. The Kier molecular flexibility index (Phi) is 7.65. The van der Waals surface area contributed by atoms with Crippen molar-refractivity contribution in [3.05, 3.63) is 83.2 Å². The van der Waals surface area contributed by atoms with Gasteiger partial charge in [0.05, 0.1) is 25.8 Å². The molecule has 2 aromatic heterocycles. The Hall–Kier alpha value is -3.18. The summed E-state index contributed by atoms with van der Waals surface area (Å²) in [5.41, 5.74) is 6.41. The first-order valence-corrected chi connectivity index (χ1v) is 10.5. The molecule has 5 nitrogen and oxygen atoms in total. The summed E-state index contributed by atoms with van der Waals surface area (Å²) < 4.78 is 19.9. The van der Waals surface area contributed by atoms with Gasteiger partial charge in [-0.1, -0.05) is 36.4 Å². The molecule has 0 N–H and O–H groups in total. The second kappa shape index (κ2) is 10.4. The standard InChI is InChI=1S/C26H28N2O3.ClH/c1-5-30-23-13-9-7-11-21(23)17-31-24-14-15-27-25-18(2)19(3)28(26(24)25)16-20-10-6-8-12-22(20)29-4;/h6-15H,5,16-17H2,1-4H3;1H. The van der Waals surface area contributed by atoms with Crippen molar-refractivity contribution in [3.63, 3.8) is 0 Å². The SMILES string of the molecule is CCOc1ccccc1COc1ccnc2c(C)c(C)n(Cc3ccccc3OC)c12.Cl. The number of para-hydroxylation sites is 2. The van der Waals surface area contributed by atoms with E-state index in [2.05, 4.69) is 29.5 Å². The lowest BCUT2D eigenvalue weighted by Crippen LogP contribution is -2.06. The maximum atomic E-state index is 6.32. The molecule has 4 aromatic rings. The fraction of sp³-hybridized carbons (Fsp3) is 0.269. The Morgan fingerprint density at radius 2 is 1.53 bits per heavy atom. The molecular formula is C26H29ClN2O3. The van der Waals surface area contributed by atoms with E-state index in [0.29, 0.717) is 19.8 Å². The summed E-state index contributed by atoms with van der Waals surface area (Å²) >= 11 is 0. The van der Waals surface area contributed by atoms with Crippen molar-refractivity contribution in [2.75, 3.05) is 13.7 Å². The predicted molar refractivity (Wildman–Crippen MR) is 130 cm³/mol. The lowest BCUT2D eigenvalue weighted by atomic mass is 10.2. The minimum atomic E-state index is 0. The first kappa shape index (κ1) is 23.5. The Labute approximate surface area is 195 Å². The Balaban J connectivity index is 0.00000289. The molecule has 0 radical (unpaired) electrons. The first-order valence-electron chi connectivity index (χ1n) is 10.5. The van der Waals surface area contributed by atoms with Crippen molar-refractivity contribution in [2.45, 2.75) is 33.9 Å². The zero-order valence-corrected chi connectivity index (χ0v) is 19.7. The van der Waals surface area contributed by atoms with Crippen molar-refractivity contribution in [3.8, 4) is 17.2 Å². The summed E-state index contributed by atoms with van der Waals surface area (Å²) in [5.74, 6) is 2.54. The number of nitrogens with zero attached hydrogens (tertiary/aromatic N) is 2. The molecule has 0 saturated heterocycles. The summed E-state index contributed by atoms with van der Waals surface area (Å²) in [7, 11) is 1.70. The van der Waals surface area contributed by atoms with Crippen LogP contribution in [0.2, 0.25) is 0 Å². The minimum Gasteiger partial charge on any atom is -0.496 e. The number of methoxy groups -OCH3 is 1. The van der Waals surface area contributed by atoms with Crippen LogP contribution in [0.1, 0.15) is 29.3 Å². The van der Waals surface area contributed by atoms with Crippen molar-refractivity contribution < 1.29 is 14.2 Å². The lowest BCUT2D eigenvalue weighted by Gasteiger charge is -2.15. The number of halogens is 1. The average molecular weight is 453 g/mol. The third-order valence-electron chi connectivity index (χ3n) is 5.64. The van der Waals surface area contributed by atoms with E-state index in [1.165, 1.54) is 5.69 Å². The summed E-state index contributed by atoms with van der Waals surface area (Å²) in [6, 6.07) is 18.0. The number of benzene rings is 2. The maximum absolute atomic E-state index is 6.32. The highest BCUT2D eigenvalue weighted by Crippen LogP contribution is 2.33. The Bertz CT molecular complexity index is 1200. The minimum absolute atomic E-state index is 0. The van der Waals surface area contributed by atoms with Crippen molar-refractivity contribution >= 4 is 23.4 Å². The molecule has 0 amide bonds. The second-order valence-corrected chi connectivity index (χ2v) is 7.44. The van der Waals surface area contributed by atoms with Gasteiger partial charge < -0.3 is 18.8 Å². The molecule has 0 saturated carbocycles. The predicted octanol–water partition coefficient (Wildman–Crippen LogP) is 6.11. The number of hydrogen-bond acceptors (Lipinski definition) is 4. The molecule has 0 atom stereocenters. The van der Waals surface area contributed by atoms with E-state index < -0.39 is 0 Å². The lowest BCUT2D eigenvalue weighted by molar-refractivity contribution is 0.288. The van der Waals surface area contributed by atoms with Crippen LogP contribution < -0.4 is 14.2 Å². The number of pyridine rings is 1. The number of fused-ring (bicyclic) bond motifs is 1. The molecule has 2 heterocycles. The van der Waals surface area contributed by atoms with Gasteiger partial charge in [0.2, 0.25) is 0 Å². The molecule has 2 aromatic carbocycles. The maximum Gasteiger partial charge on any atom is 0.147 e. The largest absolute Gasteiger partial charge is 0.496 e. The van der Waals surface area contributed by atoms with Gasteiger partial charge in [-0.15, -0.1) is 12.4 Å². The van der Waals surface area contributed by atoms with Crippen LogP contribution >= 0.6 is 12.4 Å². The van der Waals surface area contributed by atoms with Crippen molar-refractivity contribution in [1.29, 1.82) is 0 Å². The summed E-state index contributed by atoms with van der Waals surface area (Å²) in [5, 5.41) is 0. The molecule has 0 fully saturated rings. The number of ether oxygens (including phenoxy) is 3. The molecule has 32 heavy (non-hydrogen) atoms. The Morgan fingerprint density at radius 1 is 0.844 bits per heavy atom. The van der Waals surface area contributed by atoms with E-state index in [4.69, 9.17) is 14.2 Å². The molecule has 0 unspecified atom stereocenters. The quantitative estimate of drug-likeness (QED) is 0.323. The Morgan fingerprint density at radius 3 is 2.25 bits per heavy atom. The van der Waals surface area contributed by atoms with E-state index in [1.807, 2.05) is 61.7 Å². The van der Waals surface area contributed by atoms with Gasteiger partial charge >= 0.3 is 0 Å². The van der Waals surface area contributed by atoms with E-state index in [-0.39, 0.29) is 12.4 Å². The second-order valence-electron chi connectivity index (χ2n) is 7.44. The van der Waals surface area contributed by atoms with Gasteiger partial charge in [0, 0.05) is 29.1 Å². The molecule has 0 bridgehead atoms. The highest BCUT2D eigenvalue weighted by molar-refractivity contribution is 5.86. The fourth-order valence-corrected chi connectivity index (χ4v) is 3.91. The van der Waals surface area contributed by atoms with Crippen LogP contribution in [0, 0.1) is 13.8 Å². The zero-order chi connectivity index (χ0) is 21.8. The van der Waals surface area contributed by atoms with E-state index in [9.17, 15) is 0 Å². The van der Waals surface area contributed by atoms with Gasteiger partial charge in [-0.3, -0.25) is 4.98 Å². The molecule has 0 aliphatic carbocycles. The van der Waals surface area contributed by atoms with E-state index in [0.717, 1.165) is 45.0 Å². The zero-order valence-electron chi connectivity index (χ0n) is 18.9. The van der Waals surface area contributed by atoms with Gasteiger partial charge in [0.1, 0.15) is 29.4 Å². The van der Waals surface area contributed by atoms with Gasteiger partial charge in [-0.05, 0) is 38.5 Å². The number of rotatable bonds is 8. The molecule has 0 spiro atoms.